The highest BCUT2D eigenvalue weighted by Crippen LogP contribution is 2.30. The highest BCUT2D eigenvalue weighted by molar-refractivity contribution is 5.88. The summed E-state index contributed by atoms with van der Waals surface area (Å²) < 4.78 is 43.6. The maximum Gasteiger partial charge on any atom is 0.416 e. The molecule has 8 nitrogen and oxygen atoms in total. The Morgan fingerprint density at radius 1 is 1.27 bits per heavy atom. The van der Waals surface area contributed by atoms with E-state index in [1.807, 2.05) is 0 Å². The van der Waals surface area contributed by atoms with Crippen LogP contribution in [0.1, 0.15) is 17.5 Å². The van der Waals surface area contributed by atoms with Crippen molar-refractivity contribution in [3.05, 3.63) is 35.4 Å². The first-order valence-corrected chi connectivity index (χ1v) is 9.60. The molecule has 2 N–H and O–H groups in total. The van der Waals surface area contributed by atoms with Crippen molar-refractivity contribution in [1.82, 2.24) is 20.4 Å². The van der Waals surface area contributed by atoms with Crippen molar-refractivity contribution in [1.29, 1.82) is 0 Å². The molecule has 1 atom stereocenters. The Morgan fingerprint density at radius 2 is 2.07 bits per heavy atom. The fourth-order valence-corrected chi connectivity index (χ4v) is 3.46. The molecule has 0 aliphatic carbocycles. The van der Waals surface area contributed by atoms with Crippen LogP contribution in [0.4, 0.5) is 18.0 Å². The minimum absolute atomic E-state index is 0.120. The summed E-state index contributed by atoms with van der Waals surface area (Å²) in [6, 6.07) is 4.15. The second kappa shape index (κ2) is 9.33. The van der Waals surface area contributed by atoms with Crippen LogP contribution >= 0.6 is 0 Å². The summed E-state index contributed by atoms with van der Waals surface area (Å²) in [5, 5.41) is 5.35. The molecule has 30 heavy (non-hydrogen) atoms. The van der Waals surface area contributed by atoms with E-state index in [0.29, 0.717) is 38.3 Å². The third-order valence-electron chi connectivity index (χ3n) is 5.01. The lowest BCUT2D eigenvalue weighted by atomic mass is 10.1. The van der Waals surface area contributed by atoms with Crippen LogP contribution in [0.3, 0.4) is 0 Å². The van der Waals surface area contributed by atoms with Crippen LogP contribution in [0.25, 0.3) is 0 Å². The Balaban J connectivity index is 1.57. The predicted molar refractivity (Wildman–Crippen MR) is 99.2 cm³/mol. The molecule has 2 heterocycles. The molecule has 0 saturated carbocycles. The molecule has 0 spiro atoms. The fraction of sp³-hybridized carbons (Fsp3) is 0.526. The van der Waals surface area contributed by atoms with Gasteiger partial charge in [-0.1, -0.05) is 18.2 Å². The number of carbonyl (C=O) groups is 3. The molecule has 2 fully saturated rings. The zero-order valence-electron chi connectivity index (χ0n) is 16.2. The second-order valence-corrected chi connectivity index (χ2v) is 7.13. The quantitative estimate of drug-likeness (QED) is 0.675. The van der Waals surface area contributed by atoms with Crippen LogP contribution in [-0.4, -0.2) is 73.1 Å². The van der Waals surface area contributed by atoms with E-state index in [0.717, 1.165) is 12.1 Å². The number of piperazine rings is 1. The average Bonchev–Trinajstić information content (AvgIpc) is 3.09. The molecular weight excluding hydrogens is 405 g/mol. The number of amides is 3. The number of halogens is 3. The first kappa shape index (κ1) is 21.9. The van der Waals surface area contributed by atoms with E-state index >= 15 is 0 Å². The number of ether oxygens (including phenoxy) is 1. The van der Waals surface area contributed by atoms with Crippen molar-refractivity contribution in [3.63, 3.8) is 0 Å². The number of carbonyl (C=O) groups excluding carboxylic acids is 3. The Morgan fingerprint density at radius 3 is 2.77 bits per heavy atom. The molecule has 1 aromatic rings. The molecule has 3 amide bonds. The zero-order chi connectivity index (χ0) is 21.7. The number of nitrogens with zero attached hydrogens (tertiary/aromatic N) is 2. The summed E-state index contributed by atoms with van der Waals surface area (Å²) in [5.41, 5.74) is -0.339. The predicted octanol–water partition coefficient (Wildman–Crippen LogP) is 0.964. The van der Waals surface area contributed by atoms with Crippen molar-refractivity contribution in [2.24, 2.45) is 0 Å². The Hall–Kier alpha value is -2.82. The summed E-state index contributed by atoms with van der Waals surface area (Å²) in [5.74, 6) is -0.717. The summed E-state index contributed by atoms with van der Waals surface area (Å²) >= 11 is 0. The van der Waals surface area contributed by atoms with Gasteiger partial charge in [0.2, 0.25) is 11.8 Å². The van der Waals surface area contributed by atoms with E-state index in [1.54, 1.807) is 11.0 Å². The number of hydrogen-bond acceptors (Lipinski definition) is 5. The lowest BCUT2D eigenvalue weighted by Crippen LogP contribution is -2.56. The van der Waals surface area contributed by atoms with Crippen molar-refractivity contribution >= 4 is 17.9 Å². The first-order valence-electron chi connectivity index (χ1n) is 9.60. The molecular formula is C19H23F3N4O4. The van der Waals surface area contributed by atoms with Gasteiger partial charge in [0.05, 0.1) is 24.6 Å². The van der Waals surface area contributed by atoms with E-state index in [1.165, 1.54) is 11.0 Å². The molecule has 11 heteroatoms. The SMILES string of the molecule is O=C(CC1C(=O)NCCN1Cc1cccc(C(F)(F)F)c1)NCCN1CCOC1=O. The third-order valence-corrected chi connectivity index (χ3v) is 5.01. The molecule has 0 bridgehead atoms. The average molecular weight is 428 g/mol. The molecule has 3 rings (SSSR count). The summed E-state index contributed by atoms with van der Waals surface area (Å²) in [7, 11) is 0. The van der Waals surface area contributed by atoms with Crippen LogP contribution < -0.4 is 10.6 Å². The zero-order valence-corrected chi connectivity index (χ0v) is 16.2. The topological polar surface area (TPSA) is 91.0 Å². The lowest BCUT2D eigenvalue weighted by Gasteiger charge is -2.34. The van der Waals surface area contributed by atoms with Gasteiger partial charge in [0, 0.05) is 32.7 Å². The number of alkyl halides is 3. The third kappa shape index (κ3) is 5.62. The van der Waals surface area contributed by atoms with Gasteiger partial charge in [-0.15, -0.1) is 0 Å². The highest BCUT2D eigenvalue weighted by atomic mass is 19.4. The smallest absolute Gasteiger partial charge is 0.416 e. The molecule has 2 aliphatic rings. The second-order valence-electron chi connectivity index (χ2n) is 7.13. The molecule has 2 aliphatic heterocycles. The Labute approximate surface area is 171 Å². The Kier molecular flexibility index (Phi) is 6.80. The van der Waals surface area contributed by atoms with Crippen LogP contribution in [0.2, 0.25) is 0 Å². The van der Waals surface area contributed by atoms with E-state index in [9.17, 15) is 27.6 Å². The molecule has 2 saturated heterocycles. The van der Waals surface area contributed by atoms with Gasteiger partial charge >= 0.3 is 12.3 Å². The maximum atomic E-state index is 12.9. The number of nitrogens with one attached hydrogen (secondary N) is 2. The van der Waals surface area contributed by atoms with Gasteiger partial charge in [-0.05, 0) is 11.6 Å². The van der Waals surface area contributed by atoms with Crippen molar-refractivity contribution in [3.8, 4) is 0 Å². The highest BCUT2D eigenvalue weighted by Gasteiger charge is 2.33. The van der Waals surface area contributed by atoms with Gasteiger partial charge in [-0.3, -0.25) is 14.5 Å². The number of cyclic esters (lactones) is 1. The van der Waals surface area contributed by atoms with Gasteiger partial charge in [-0.25, -0.2) is 4.79 Å². The standard InChI is InChI=1S/C19H23F3N4O4/c20-19(21,22)14-3-1-2-13(10-14)12-26-7-5-24-17(28)15(26)11-16(27)23-4-6-25-8-9-30-18(25)29/h1-3,10,15H,4-9,11-12H2,(H,23,27)(H,24,28). The number of hydrogen-bond donors (Lipinski definition) is 2. The van der Waals surface area contributed by atoms with E-state index in [4.69, 9.17) is 4.74 Å². The first-order chi connectivity index (χ1) is 14.2. The normalized spacial score (nSPS) is 20.1. The minimum Gasteiger partial charge on any atom is -0.448 e. The lowest BCUT2D eigenvalue weighted by molar-refractivity contribution is -0.137. The minimum atomic E-state index is -4.45. The summed E-state index contributed by atoms with van der Waals surface area (Å²) in [6.45, 7) is 2.19. The fourth-order valence-electron chi connectivity index (χ4n) is 3.46. The monoisotopic (exact) mass is 428 g/mol. The van der Waals surface area contributed by atoms with Crippen molar-refractivity contribution in [2.75, 3.05) is 39.3 Å². The van der Waals surface area contributed by atoms with Crippen LogP contribution in [0, 0.1) is 0 Å². The Bertz CT molecular complexity index is 802. The molecule has 1 unspecified atom stereocenters. The van der Waals surface area contributed by atoms with Gasteiger partial charge in [-0.2, -0.15) is 13.2 Å². The van der Waals surface area contributed by atoms with Gasteiger partial charge in [0.1, 0.15) is 6.61 Å². The molecule has 164 valence electrons. The van der Waals surface area contributed by atoms with Crippen molar-refractivity contribution < 1.29 is 32.3 Å². The van der Waals surface area contributed by atoms with Gasteiger partial charge < -0.3 is 20.3 Å². The summed E-state index contributed by atoms with van der Waals surface area (Å²) in [6.07, 6.45) is -5.01. The maximum absolute atomic E-state index is 12.9. The van der Waals surface area contributed by atoms with Crippen LogP contribution in [0.15, 0.2) is 24.3 Å². The van der Waals surface area contributed by atoms with E-state index in [2.05, 4.69) is 10.6 Å². The number of benzene rings is 1. The van der Waals surface area contributed by atoms with E-state index in [-0.39, 0.29) is 31.3 Å². The van der Waals surface area contributed by atoms with Crippen LogP contribution in [-0.2, 0) is 27.0 Å². The van der Waals surface area contributed by atoms with Crippen LogP contribution in [0.5, 0.6) is 0 Å². The van der Waals surface area contributed by atoms with Gasteiger partial charge in [0.15, 0.2) is 0 Å². The largest absolute Gasteiger partial charge is 0.448 e. The van der Waals surface area contributed by atoms with E-state index < -0.39 is 23.9 Å². The van der Waals surface area contributed by atoms with Gasteiger partial charge in [0.25, 0.3) is 0 Å². The summed E-state index contributed by atoms with van der Waals surface area (Å²) in [4.78, 5) is 39.1. The van der Waals surface area contributed by atoms with Crippen molar-refractivity contribution in [2.45, 2.75) is 25.2 Å². The number of rotatable bonds is 7. The molecule has 0 radical (unpaired) electrons. The molecule has 1 aromatic carbocycles. The molecule has 0 aromatic heterocycles.